The minimum atomic E-state index is 0.324. The van der Waals surface area contributed by atoms with E-state index in [0.717, 1.165) is 35.7 Å². The highest BCUT2D eigenvalue weighted by molar-refractivity contribution is 5.66. The molecular weight excluding hydrogens is 264 g/mol. The van der Waals surface area contributed by atoms with Crippen molar-refractivity contribution in [1.29, 1.82) is 0 Å². The molecule has 3 nitrogen and oxygen atoms in total. The first kappa shape index (κ1) is 15.7. The third-order valence-corrected chi connectivity index (χ3v) is 4.60. The maximum atomic E-state index is 5.74. The van der Waals surface area contributed by atoms with Crippen LogP contribution in [0.2, 0.25) is 0 Å². The molecule has 2 atom stereocenters. The molecule has 0 saturated heterocycles. The number of methoxy groups -OCH3 is 3. The molecular formula is C18H26O3. The largest absolute Gasteiger partial charge is 0.496 e. The van der Waals surface area contributed by atoms with Gasteiger partial charge in [-0.1, -0.05) is 19.1 Å². The Hall–Kier alpha value is -1.64. The number of ether oxygens (including phenoxy) is 3. The minimum Gasteiger partial charge on any atom is -0.496 e. The SMILES string of the molecule is C=C(C)[C@H]1CC[C@H](C)c2c(OC)c(OC)c(C)c(OC)c21. The average Bonchev–Trinajstić information content (AvgIpc) is 2.46. The van der Waals surface area contributed by atoms with Crippen molar-refractivity contribution < 1.29 is 14.2 Å². The van der Waals surface area contributed by atoms with E-state index in [1.165, 1.54) is 16.7 Å². The summed E-state index contributed by atoms with van der Waals surface area (Å²) in [6, 6.07) is 0. The molecule has 1 aromatic rings. The summed E-state index contributed by atoms with van der Waals surface area (Å²) in [7, 11) is 5.12. The van der Waals surface area contributed by atoms with Crippen molar-refractivity contribution in [3.05, 3.63) is 28.8 Å². The molecule has 3 heteroatoms. The highest BCUT2D eigenvalue weighted by atomic mass is 16.5. The van der Waals surface area contributed by atoms with E-state index in [9.17, 15) is 0 Å². The van der Waals surface area contributed by atoms with Gasteiger partial charge in [0.1, 0.15) is 5.75 Å². The summed E-state index contributed by atoms with van der Waals surface area (Å²) < 4.78 is 17.0. The van der Waals surface area contributed by atoms with Crippen molar-refractivity contribution in [3.63, 3.8) is 0 Å². The van der Waals surface area contributed by atoms with Crippen LogP contribution >= 0.6 is 0 Å². The summed E-state index contributed by atoms with van der Waals surface area (Å²) in [6.45, 7) is 10.5. The lowest BCUT2D eigenvalue weighted by molar-refractivity contribution is 0.332. The summed E-state index contributed by atoms with van der Waals surface area (Å²) in [6.07, 6.45) is 2.23. The topological polar surface area (TPSA) is 27.7 Å². The van der Waals surface area contributed by atoms with E-state index in [-0.39, 0.29) is 0 Å². The van der Waals surface area contributed by atoms with Crippen LogP contribution in [0, 0.1) is 6.92 Å². The molecule has 21 heavy (non-hydrogen) atoms. The van der Waals surface area contributed by atoms with Crippen molar-refractivity contribution >= 4 is 0 Å². The lowest BCUT2D eigenvalue weighted by Gasteiger charge is -2.34. The first-order valence-corrected chi connectivity index (χ1v) is 7.45. The van der Waals surface area contributed by atoms with Crippen LogP contribution in [-0.2, 0) is 0 Å². The third kappa shape index (κ3) is 2.39. The zero-order chi connectivity index (χ0) is 15.7. The second-order valence-electron chi connectivity index (χ2n) is 5.93. The van der Waals surface area contributed by atoms with Gasteiger partial charge < -0.3 is 14.2 Å². The molecule has 0 radical (unpaired) electrons. The van der Waals surface area contributed by atoms with E-state index in [1.807, 2.05) is 6.92 Å². The van der Waals surface area contributed by atoms with Gasteiger partial charge in [-0.15, -0.1) is 0 Å². The Bertz CT molecular complexity index is 560. The second kappa shape index (κ2) is 6.00. The molecule has 116 valence electrons. The van der Waals surface area contributed by atoms with Crippen molar-refractivity contribution in [2.75, 3.05) is 21.3 Å². The number of rotatable bonds is 4. The lowest BCUT2D eigenvalue weighted by atomic mass is 9.73. The van der Waals surface area contributed by atoms with Gasteiger partial charge in [0.05, 0.1) is 21.3 Å². The predicted molar refractivity (Wildman–Crippen MR) is 86.0 cm³/mol. The summed E-state index contributed by atoms with van der Waals surface area (Å²) in [5.41, 5.74) is 4.62. The van der Waals surface area contributed by atoms with Crippen LogP contribution in [0.15, 0.2) is 12.2 Å². The van der Waals surface area contributed by atoms with E-state index in [4.69, 9.17) is 14.2 Å². The molecule has 0 saturated carbocycles. The van der Waals surface area contributed by atoms with Crippen molar-refractivity contribution in [2.45, 2.75) is 45.4 Å². The molecule has 0 amide bonds. The van der Waals surface area contributed by atoms with Gasteiger partial charge in [-0.3, -0.25) is 0 Å². The Morgan fingerprint density at radius 1 is 0.952 bits per heavy atom. The van der Waals surface area contributed by atoms with Gasteiger partial charge in [0.15, 0.2) is 11.5 Å². The molecule has 0 fully saturated rings. The number of hydrogen-bond acceptors (Lipinski definition) is 3. The molecule has 1 aliphatic rings. The van der Waals surface area contributed by atoms with E-state index >= 15 is 0 Å². The Labute approximate surface area is 127 Å². The highest BCUT2D eigenvalue weighted by Crippen LogP contribution is 2.54. The maximum Gasteiger partial charge on any atom is 0.167 e. The number of allylic oxidation sites excluding steroid dienone is 1. The average molecular weight is 290 g/mol. The fraction of sp³-hybridized carbons (Fsp3) is 0.556. The molecule has 0 heterocycles. The van der Waals surface area contributed by atoms with Crippen LogP contribution < -0.4 is 14.2 Å². The molecule has 0 spiro atoms. The smallest absolute Gasteiger partial charge is 0.167 e. The van der Waals surface area contributed by atoms with Crippen LogP contribution in [0.25, 0.3) is 0 Å². The molecule has 0 unspecified atom stereocenters. The molecule has 1 aliphatic carbocycles. The Morgan fingerprint density at radius 2 is 1.52 bits per heavy atom. The van der Waals surface area contributed by atoms with Gasteiger partial charge in [0.2, 0.25) is 0 Å². The molecule has 2 rings (SSSR count). The van der Waals surface area contributed by atoms with E-state index < -0.39 is 0 Å². The number of fused-ring (bicyclic) bond motifs is 1. The lowest BCUT2D eigenvalue weighted by Crippen LogP contribution is -2.17. The quantitative estimate of drug-likeness (QED) is 0.760. The van der Waals surface area contributed by atoms with E-state index in [1.54, 1.807) is 21.3 Å². The third-order valence-electron chi connectivity index (χ3n) is 4.60. The first-order valence-electron chi connectivity index (χ1n) is 7.45. The van der Waals surface area contributed by atoms with Crippen LogP contribution in [-0.4, -0.2) is 21.3 Å². The molecule has 1 aromatic carbocycles. The van der Waals surface area contributed by atoms with E-state index in [2.05, 4.69) is 20.4 Å². The number of benzene rings is 1. The molecule has 0 aromatic heterocycles. The monoisotopic (exact) mass is 290 g/mol. The van der Waals surface area contributed by atoms with Crippen molar-refractivity contribution in [3.8, 4) is 17.2 Å². The second-order valence-corrected chi connectivity index (χ2v) is 5.93. The molecule has 0 N–H and O–H groups in total. The van der Waals surface area contributed by atoms with Gasteiger partial charge in [-0.2, -0.15) is 0 Å². The van der Waals surface area contributed by atoms with Crippen molar-refractivity contribution in [2.24, 2.45) is 0 Å². The van der Waals surface area contributed by atoms with Gasteiger partial charge in [0, 0.05) is 22.6 Å². The van der Waals surface area contributed by atoms with Gasteiger partial charge in [-0.25, -0.2) is 0 Å². The summed E-state index contributed by atoms with van der Waals surface area (Å²) in [5.74, 6) is 3.30. The predicted octanol–water partition coefficient (Wildman–Crippen LogP) is 4.58. The van der Waals surface area contributed by atoms with Crippen LogP contribution in [0.1, 0.15) is 55.2 Å². The van der Waals surface area contributed by atoms with Crippen LogP contribution in [0.3, 0.4) is 0 Å². The highest BCUT2D eigenvalue weighted by Gasteiger charge is 2.34. The van der Waals surface area contributed by atoms with Gasteiger partial charge in [-0.05, 0) is 32.6 Å². The van der Waals surface area contributed by atoms with Crippen LogP contribution in [0.5, 0.6) is 17.2 Å². The Kier molecular flexibility index (Phi) is 4.50. The standard InChI is InChI=1S/C18H26O3/c1-10(2)13-9-8-11(3)14-15(13)16(19-5)12(4)17(20-6)18(14)21-7/h11,13H,1,8-9H2,2-7H3/t11-,13+/m0/s1. The molecule has 0 aliphatic heterocycles. The Morgan fingerprint density at radius 3 is 2.00 bits per heavy atom. The van der Waals surface area contributed by atoms with E-state index in [0.29, 0.717) is 11.8 Å². The Balaban J connectivity index is 2.86. The van der Waals surface area contributed by atoms with Gasteiger partial charge in [0.25, 0.3) is 0 Å². The van der Waals surface area contributed by atoms with Gasteiger partial charge >= 0.3 is 0 Å². The summed E-state index contributed by atoms with van der Waals surface area (Å²) in [5, 5.41) is 0. The van der Waals surface area contributed by atoms with Crippen molar-refractivity contribution in [1.82, 2.24) is 0 Å². The zero-order valence-corrected chi connectivity index (χ0v) is 14.0. The number of hydrogen-bond donors (Lipinski definition) is 0. The zero-order valence-electron chi connectivity index (χ0n) is 14.0. The normalized spacial score (nSPS) is 20.7. The van der Waals surface area contributed by atoms with Crippen LogP contribution in [0.4, 0.5) is 0 Å². The first-order chi connectivity index (χ1) is 9.97. The molecule has 0 bridgehead atoms. The minimum absolute atomic E-state index is 0.324. The summed E-state index contributed by atoms with van der Waals surface area (Å²) >= 11 is 0. The maximum absolute atomic E-state index is 5.74. The fourth-order valence-corrected chi connectivity index (χ4v) is 3.59. The summed E-state index contributed by atoms with van der Waals surface area (Å²) in [4.78, 5) is 0. The fourth-order valence-electron chi connectivity index (χ4n) is 3.59.